The fraction of sp³-hybridized carbons (Fsp3) is 0.263. The van der Waals surface area contributed by atoms with Crippen LogP contribution in [0.1, 0.15) is 18.9 Å². The lowest BCUT2D eigenvalue weighted by molar-refractivity contribution is -0.120. The summed E-state index contributed by atoms with van der Waals surface area (Å²) in [5.74, 6) is 1.08. The first kappa shape index (κ1) is 20.0. The zero-order chi connectivity index (χ0) is 18.8. The molecule has 0 radical (unpaired) electrons. The summed E-state index contributed by atoms with van der Waals surface area (Å²) < 4.78 is 12.0. The van der Waals surface area contributed by atoms with Gasteiger partial charge < -0.3 is 19.6 Å². The summed E-state index contributed by atoms with van der Waals surface area (Å²) in [6.45, 7) is 2.50. The van der Waals surface area contributed by atoms with Crippen molar-refractivity contribution < 1.29 is 19.1 Å². The van der Waals surface area contributed by atoms with Gasteiger partial charge in [-0.1, -0.05) is 30.3 Å². The highest BCUT2D eigenvalue weighted by Gasteiger charge is 2.11. The lowest BCUT2D eigenvalue weighted by atomic mass is 10.2. The second kappa shape index (κ2) is 10.6. The van der Waals surface area contributed by atoms with Crippen molar-refractivity contribution in [3.8, 4) is 11.5 Å². The van der Waals surface area contributed by atoms with Crippen LogP contribution in [0.3, 0.4) is 0 Å². The van der Waals surface area contributed by atoms with Crippen LogP contribution in [0.2, 0.25) is 0 Å². The molecule has 0 spiro atoms. The summed E-state index contributed by atoms with van der Waals surface area (Å²) in [6.07, 6.45) is 2.45. The molecule has 1 N–H and O–H groups in total. The van der Waals surface area contributed by atoms with Crippen molar-refractivity contribution in [3.63, 3.8) is 0 Å². The minimum absolute atomic E-state index is 0.169. The van der Waals surface area contributed by atoms with Gasteiger partial charge in [0.2, 0.25) is 0 Å². The van der Waals surface area contributed by atoms with E-state index in [9.17, 15) is 4.79 Å². The van der Waals surface area contributed by atoms with E-state index in [0.29, 0.717) is 18.0 Å². The summed E-state index contributed by atoms with van der Waals surface area (Å²) in [5.41, 5.74) is 1.51. The third-order valence-electron chi connectivity index (χ3n) is 3.23. The third-order valence-corrected chi connectivity index (χ3v) is 4.03. The van der Waals surface area contributed by atoms with E-state index in [4.69, 9.17) is 14.3 Å². The molecule has 0 fully saturated rings. The van der Waals surface area contributed by atoms with Gasteiger partial charge >= 0.3 is 0 Å². The molecule has 0 aliphatic rings. The summed E-state index contributed by atoms with van der Waals surface area (Å²) in [7, 11) is 1.59. The first-order valence-electron chi connectivity index (χ1n) is 8.14. The SMILES string of the molecule is CCCOc1c(I)cc(/C=N/OCC(=O)Nc2ccccc2)cc1OC. The lowest BCUT2D eigenvalue weighted by Crippen LogP contribution is -2.16. The van der Waals surface area contributed by atoms with Crippen molar-refractivity contribution in [2.75, 3.05) is 25.6 Å². The number of hydrogen-bond acceptors (Lipinski definition) is 5. The van der Waals surface area contributed by atoms with E-state index < -0.39 is 0 Å². The summed E-state index contributed by atoms with van der Waals surface area (Å²) in [5, 5.41) is 6.57. The number of oxime groups is 1. The van der Waals surface area contributed by atoms with Crippen molar-refractivity contribution in [3.05, 3.63) is 51.6 Å². The largest absolute Gasteiger partial charge is 0.493 e. The topological polar surface area (TPSA) is 69.2 Å². The molecule has 0 heterocycles. The molecule has 0 aromatic heterocycles. The fourth-order valence-corrected chi connectivity index (χ4v) is 2.85. The maximum absolute atomic E-state index is 11.8. The third kappa shape index (κ3) is 6.21. The van der Waals surface area contributed by atoms with Crippen LogP contribution < -0.4 is 14.8 Å². The number of anilines is 1. The Bertz CT molecular complexity index is 751. The Kier molecular flexibility index (Phi) is 8.20. The van der Waals surface area contributed by atoms with E-state index in [0.717, 1.165) is 21.3 Å². The Labute approximate surface area is 166 Å². The van der Waals surface area contributed by atoms with Crippen molar-refractivity contribution in [2.45, 2.75) is 13.3 Å². The van der Waals surface area contributed by atoms with Crippen LogP contribution in [0, 0.1) is 3.57 Å². The molecule has 26 heavy (non-hydrogen) atoms. The number of halogens is 1. The number of rotatable bonds is 9. The van der Waals surface area contributed by atoms with Gasteiger partial charge in [0, 0.05) is 11.3 Å². The van der Waals surface area contributed by atoms with Gasteiger partial charge in [0.1, 0.15) is 0 Å². The van der Waals surface area contributed by atoms with Gasteiger partial charge in [0.25, 0.3) is 5.91 Å². The number of carbonyl (C=O) groups excluding carboxylic acids is 1. The smallest absolute Gasteiger partial charge is 0.265 e. The van der Waals surface area contributed by atoms with Crippen LogP contribution in [0.4, 0.5) is 5.69 Å². The minimum Gasteiger partial charge on any atom is -0.493 e. The maximum Gasteiger partial charge on any atom is 0.265 e. The average molecular weight is 468 g/mol. The standard InChI is InChI=1S/C19H21IN2O4/c1-3-9-25-19-16(20)10-14(11-17(19)24-2)12-21-26-13-18(23)22-15-7-5-4-6-8-15/h4-8,10-12H,3,9,13H2,1-2H3,(H,22,23)/b21-12+. The van der Waals surface area contributed by atoms with Gasteiger partial charge in [-0.15, -0.1) is 0 Å². The Morgan fingerprint density at radius 3 is 2.73 bits per heavy atom. The van der Waals surface area contributed by atoms with E-state index in [1.165, 1.54) is 6.21 Å². The van der Waals surface area contributed by atoms with Crippen molar-refractivity contribution in [1.82, 2.24) is 0 Å². The summed E-state index contributed by atoms with van der Waals surface area (Å²) in [4.78, 5) is 16.8. The number of methoxy groups -OCH3 is 1. The first-order valence-corrected chi connectivity index (χ1v) is 9.22. The molecule has 0 atom stereocenters. The molecule has 0 bridgehead atoms. The molecule has 0 aliphatic carbocycles. The monoisotopic (exact) mass is 468 g/mol. The number of amides is 1. The predicted octanol–water partition coefficient (Wildman–Crippen LogP) is 4.08. The molecular formula is C19H21IN2O4. The summed E-state index contributed by atoms with van der Waals surface area (Å²) in [6, 6.07) is 12.9. The molecule has 2 rings (SSSR count). The average Bonchev–Trinajstić information content (AvgIpc) is 2.65. The van der Waals surface area contributed by atoms with Gasteiger partial charge in [-0.2, -0.15) is 0 Å². The lowest BCUT2D eigenvalue weighted by Gasteiger charge is -2.12. The van der Waals surface area contributed by atoms with Crippen LogP contribution in [0.5, 0.6) is 11.5 Å². The molecule has 6 nitrogen and oxygen atoms in total. The van der Waals surface area contributed by atoms with E-state index in [1.807, 2.05) is 37.3 Å². The van der Waals surface area contributed by atoms with Gasteiger partial charge in [-0.25, -0.2) is 0 Å². The Hall–Kier alpha value is -2.29. The molecular weight excluding hydrogens is 447 g/mol. The van der Waals surface area contributed by atoms with Crippen molar-refractivity contribution >= 4 is 40.4 Å². The number of benzene rings is 2. The van der Waals surface area contributed by atoms with E-state index >= 15 is 0 Å². The van der Waals surface area contributed by atoms with Gasteiger partial charge in [0.15, 0.2) is 18.1 Å². The molecule has 138 valence electrons. The molecule has 2 aromatic carbocycles. The van der Waals surface area contributed by atoms with E-state index in [-0.39, 0.29) is 12.5 Å². The number of para-hydroxylation sites is 1. The Balaban J connectivity index is 1.91. The predicted molar refractivity (Wildman–Crippen MR) is 110 cm³/mol. The normalized spacial score (nSPS) is 10.6. The van der Waals surface area contributed by atoms with Crippen molar-refractivity contribution in [2.24, 2.45) is 5.16 Å². The quantitative estimate of drug-likeness (QED) is 0.342. The van der Waals surface area contributed by atoms with E-state index in [1.54, 1.807) is 19.2 Å². The molecule has 0 unspecified atom stereocenters. The number of nitrogens with one attached hydrogen (secondary N) is 1. The van der Waals surface area contributed by atoms with Gasteiger partial charge in [0.05, 0.1) is 23.5 Å². The number of nitrogens with zero attached hydrogens (tertiary/aromatic N) is 1. The first-order chi connectivity index (χ1) is 12.6. The Morgan fingerprint density at radius 2 is 2.04 bits per heavy atom. The maximum atomic E-state index is 11.8. The van der Waals surface area contributed by atoms with Gasteiger partial charge in [-0.3, -0.25) is 4.79 Å². The number of hydrogen-bond donors (Lipinski definition) is 1. The highest BCUT2D eigenvalue weighted by molar-refractivity contribution is 14.1. The molecule has 0 saturated heterocycles. The summed E-state index contributed by atoms with van der Waals surface area (Å²) >= 11 is 2.19. The highest BCUT2D eigenvalue weighted by Crippen LogP contribution is 2.33. The molecule has 0 aliphatic heterocycles. The zero-order valence-electron chi connectivity index (χ0n) is 14.7. The van der Waals surface area contributed by atoms with Crippen LogP contribution in [0.15, 0.2) is 47.6 Å². The second-order valence-electron chi connectivity index (χ2n) is 5.30. The molecule has 7 heteroatoms. The van der Waals surface area contributed by atoms with Crippen LogP contribution in [-0.2, 0) is 9.63 Å². The minimum atomic E-state index is -0.274. The molecule has 2 aromatic rings. The van der Waals surface area contributed by atoms with E-state index in [2.05, 4.69) is 33.1 Å². The van der Waals surface area contributed by atoms with Crippen LogP contribution in [-0.4, -0.2) is 32.4 Å². The van der Waals surface area contributed by atoms with Crippen LogP contribution >= 0.6 is 22.6 Å². The number of carbonyl (C=O) groups is 1. The van der Waals surface area contributed by atoms with Crippen molar-refractivity contribution in [1.29, 1.82) is 0 Å². The van der Waals surface area contributed by atoms with Crippen LogP contribution in [0.25, 0.3) is 0 Å². The fourth-order valence-electron chi connectivity index (χ4n) is 2.07. The number of ether oxygens (including phenoxy) is 2. The Morgan fingerprint density at radius 1 is 1.27 bits per heavy atom. The van der Waals surface area contributed by atoms with Gasteiger partial charge in [-0.05, 0) is 53.3 Å². The second-order valence-corrected chi connectivity index (χ2v) is 6.47. The molecule has 0 saturated carbocycles. The zero-order valence-corrected chi connectivity index (χ0v) is 16.9. The highest BCUT2D eigenvalue weighted by atomic mass is 127. The molecule has 1 amide bonds.